The molecule has 134 valence electrons. The Morgan fingerprint density at radius 2 is 1.96 bits per heavy atom. The third kappa shape index (κ3) is 3.15. The summed E-state index contributed by atoms with van der Waals surface area (Å²) in [5.74, 6) is 0.161. The van der Waals surface area contributed by atoms with Crippen molar-refractivity contribution in [1.82, 2.24) is 9.97 Å². The third-order valence-electron chi connectivity index (χ3n) is 4.41. The molecule has 0 spiro atoms. The van der Waals surface area contributed by atoms with Crippen LogP contribution in [0.5, 0.6) is 0 Å². The van der Waals surface area contributed by atoms with Crippen LogP contribution in [0.1, 0.15) is 40.6 Å². The summed E-state index contributed by atoms with van der Waals surface area (Å²) in [5.41, 5.74) is 3.21. The van der Waals surface area contributed by atoms with Gasteiger partial charge in [-0.15, -0.1) is 11.3 Å². The number of carbonyl (C=O) groups excluding carboxylic acids is 1. The van der Waals surface area contributed by atoms with Crippen LogP contribution in [0.2, 0.25) is 5.15 Å². The van der Waals surface area contributed by atoms with Crippen LogP contribution in [0.3, 0.4) is 0 Å². The molecule has 7 heteroatoms. The molecule has 0 amide bonds. The molecule has 3 aromatic rings. The number of anilines is 2. The molecule has 0 aliphatic heterocycles. The van der Waals surface area contributed by atoms with Gasteiger partial charge in [0.05, 0.1) is 23.2 Å². The number of rotatable bonds is 4. The number of halogens is 1. The van der Waals surface area contributed by atoms with Crippen LogP contribution in [0.25, 0.3) is 11.0 Å². The number of nitrogens with zero attached hydrogens (tertiary/aromatic N) is 2. The Hall–Kier alpha value is -2.18. The number of ether oxygens (including phenoxy) is 1. The first-order valence-electron chi connectivity index (χ1n) is 8.68. The maximum Gasteiger partial charge on any atom is 0.341 e. The molecule has 4 rings (SSSR count). The minimum Gasteiger partial charge on any atom is -0.462 e. The Balaban J connectivity index is 1.77. The fourth-order valence-electron chi connectivity index (χ4n) is 3.24. The SMILES string of the molecule is CCOC(=O)c1c(Nc2nc3ccccc3nc2Cl)sc2c1CCCC2. The molecule has 0 unspecified atom stereocenters. The number of nitrogens with one attached hydrogen (secondary N) is 1. The fourth-order valence-corrected chi connectivity index (χ4v) is 4.70. The maximum atomic E-state index is 12.6. The molecule has 1 aliphatic carbocycles. The number of thiophene rings is 1. The number of fused-ring (bicyclic) bond motifs is 2. The summed E-state index contributed by atoms with van der Waals surface area (Å²) < 4.78 is 5.29. The zero-order chi connectivity index (χ0) is 18.1. The molecule has 0 fully saturated rings. The largest absolute Gasteiger partial charge is 0.462 e. The summed E-state index contributed by atoms with van der Waals surface area (Å²) in [5, 5.41) is 4.26. The van der Waals surface area contributed by atoms with E-state index in [9.17, 15) is 4.79 Å². The average Bonchev–Trinajstić information content (AvgIpc) is 3.00. The Morgan fingerprint density at radius 1 is 1.23 bits per heavy atom. The quantitative estimate of drug-likeness (QED) is 0.627. The highest BCUT2D eigenvalue weighted by Gasteiger charge is 2.27. The van der Waals surface area contributed by atoms with Crippen LogP contribution in [-0.4, -0.2) is 22.5 Å². The average molecular weight is 388 g/mol. The van der Waals surface area contributed by atoms with Crippen molar-refractivity contribution >= 4 is 50.8 Å². The summed E-state index contributed by atoms with van der Waals surface area (Å²) in [6.45, 7) is 2.16. The summed E-state index contributed by atoms with van der Waals surface area (Å²) in [6.07, 6.45) is 4.13. The van der Waals surface area contributed by atoms with Crippen LogP contribution in [0.4, 0.5) is 10.8 Å². The van der Waals surface area contributed by atoms with E-state index < -0.39 is 0 Å². The minimum absolute atomic E-state index is 0.282. The van der Waals surface area contributed by atoms with Crippen molar-refractivity contribution in [2.24, 2.45) is 0 Å². The topological polar surface area (TPSA) is 64.1 Å². The fraction of sp³-hybridized carbons (Fsp3) is 0.316. The molecular weight excluding hydrogens is 370 g/mol. The van der Waals surface area contributed by atoms with Crippen molar-refractivity contribution in [3.63, 3.8) is 0 Å². The molecule has 26 heavy (non-hydrogen) atoms. The zero-order valence-corrected chi connectivity index (χ0v) is 15.9. The molecule has 1 N–H and O–H groups in total. The number of carbonyl (C=O) groups is 1. The standard InChI is InChI=1S/C19H18ClN3O2S/c1-2-25-19(24)15-11-7-3-6-10-14(11)26-18(15)23-17-16(20)21-12-8-4-5-9-13(12)22-17/h4-5,8-9H,2-3,6-7,10H2,1H3,(H,22,23). The Morgan fingerprint density at radius 3 is 2.73 bits per heavy atom. The number of para-hydroxylation sites is 2. The molecule has 0 radical (unpaired) electrons. The summed E-state index contributed by atoms with van der Waals surface area (Å²) in [7, 11) is 0. The van der Waals surface area contributed by atoms with Gasteiger partial charge in [0.25, 0.3) is 0 Å². The van der Waals surface area contributed by atoms with Gasteiger partial charge >= 0.3 is 5.97 Å². The van der Waals surface area contributed by atoms with Crippen molar-refractivity contribution in [3.8, 4) is 0 Å². The summed E-state index contributed by atoms with van der Waals surface area (Å²) in [4.78, 5) is 22.8. The van der Waals surface area contributed by atoms with Gasteiger partial charge in [0.1, 0.15) is 5.00 Å². The molecule has 1 aliphatic rings. The number of aryl methyl sites for hydroxylation is 1. The van der Waals surface area contributed by atoms with Crippen LogP contribution in [0, 0.1) is 0 Å². The number of esters is 1. The predicted octanol–water partition coefficient (Wildman–Crippen LogP) is 5.14. The van der Waals surface area contributed by atoms with E-state index >= 15 is 0 Å². The van der Waals surface area contributed by atoms with Crippen molar-refractivity contribution in [3.05, 3.63) is 45.4 Å². The Kier molecular flexibility index (Phi) is 4.78. The highest BCUT2D eigenvalue weighted by Crippen LogP contribution is 2.40. The van der Waals surface area contributed by atoms with Gasteiger partial charge in [-0.3, -0.25) is 0 Å². The van der Waals surface area contributed by atoms with Crippen LogP contribution in [0.15, 0.2) is 24.3 Å². The normalized spacial score (nSPS) is 13.5. The van der Waals surface area contributed by atoms with E-state index in [0.29, 0.717) is 18.0 Å². The predicted molar refractivity (Wildman–Crippen MR) is 105 cm³/mol. The van der Waals surface area contributed by atoms with Gasteiger partial charge in [-0.1, -0.05) is 23.7 Å². The highest BCUT2D eigenvalue weighted by molar-refractivity contribution is 7.16. The van der Waals surface area contributed by atoms with Crippen molar-refractivity contribution in [2.75, 3.05) is 11.9 Å². The number of hydrogen-bond acceptors (Lipinski definition) is 6. The molecule has 0 saturated heterocycles. The van der Waals surface area contributed by atoms with Gasteiger partial charge in [0.15, 0.2) is 11.0 Å². The molecule has 0 saturated carbocycles. The lowest BCUT2D eigenvalue weighted by Crippen LogP contribution is -2.11. The Bertz CT molecular complexity index is 986. The second kappa shape index (κ2) is 7.21. The van der Waals surface area contributed by atoms with Gasteiger partial charge in [-0.05, 0) is 50.3 Å². The lowest BCUT2D eigenvalue weighted by atomic mass is 9.95. The lowest BCUT2D eigenvalue weighted by Gasteiger charge is -2.12. The lowest BCUT2D eigenvalue weighted by molar-refractivity contribution is 0.0526. The van der Waals surface area contributed by atoms with Gasteiger partial charge in [-0.2, -0.15) is 0 Å². The van der Waals surface area contributed by atoms with E-state index in [1.165, 1.54) is 4.88 Å². The van der Waals surface area contributed by atoms with E-state index in [2.05, 4.69) is 15.3 Å². The van der Waals surface area contributed by atoms with E-state index in [1.807, 2.05) is 31.2 Å². The summed E-state index contributed by atoms with van der Waals surface area (Å²) >= 11 is 7.91. The van der Waals surface area contributed by atoms with Gasteiger partial charge in [-0.25, -0.2) is 14.8 Å². The smallest absolute Gasteiger partial charge is 0.341 e. The maximum absolute atomic E-state index is 12.6. The minimum atomic E-state index is -0.292. The van der Waals surface area contributed by atoms with E-state index in [-0.39, 0.29) is 11.1 Å². The van der Waals surface area contributed by atoms with Crippen LogP contribution in [-0.2, 0) is 17.6 Å². The van der Waals surface area contributed by atoms with Crippen molar-refractivity contribution in [2.45, 2.75) is 32.6 Å². The monoisotopic (exact) mass is 387 g/mol. The van der Waals surface area contributed by atoms with Crippen LogP contribution >= 0.6 is 22.9 Å². The highest BCUT2D eigenvalue weighted by atomic mass is 35.5. The Labute approximate surface area is 160 Å². The van der Waals surface area contributed by atoms with Gasteiger partial charge in [0.2, 0.25) is 0 Å². The van der Waals surface area contributed by atoms with Crippen molar-refractivity contribution in [1.29, 1.82) is 0 Å². The van der Waals surface area contributed by atoms with Gasteiger partial charge < -0.3 is 10.1 Å². The zero-order valence-electron chi connectivity index (χ0n) is 14.3. The first kappa shape index (κ1) is 17.2. The first-order valence-corrected chi connectivity index (χ1v) is 9.87. The second-order valence-corrected chi connectivity index (χ2v) is 7.58. The molecular formula is C19H18ClN3O2S. The third-order valence-corrected chi connectivity index (χ3v) is 5.88. The number of aromatic nitrogens is 2. The molecule has 2 aromatic heterocycles. The van der Waals surface area contributed by atoms with E-state index in [0.717, 1.165) is 47.3 Å². The molecule has 1 aromatic carbocycles. The molecule has 0 bridgehead atoms. The summed E-state index contributed by atoms with van der Waals surface area (Å²) in [6, 6.07) is 7.55. The second-order valence-electron chi connectivity index (χ2n) is 6.11. The van der Waals surface area contributed by atoms with Crippen molar-refractivity contribution < 1.29 is 9.53 Å². The molecule has 5 nitrogen and oxygen atoms in total. The van der Waals surface area contributed by atoms with Crippen LogP contribution < -0.4 is 5.32 Å². The first-order chi connectivity index (χ1) is 12.7. The number of benzene rings is 1. The number of hydrogen-bond donors (Lipinski definition) is 1. The molecule has 0 atom stereocenters. The van der Waals surface area contributed by atoms with E-state index in [4.69, 9.17) is 16.3 Å². The molecule has 2 heterocycles. The van der Waals surface area contributed by atoms with Gasteiger partial charge in [0, 0.05) is 4.88 Å². The van der Waals surface area contributed by atoms with E-state index in [1.54, 1.807) is 11.3 Å².